The van der Waals surface area contributed by atoms with Crippen molar-refractivity contribution in [2.75, 3.05) is 0 Å². The summed E-state index contributed by atoms with van der Waals surface area (Å²) in [4.78, 5) is 10.8. The lowest BCUT2D eigenvalue weighted by Gasteiger charge is -2.21. The van der Waals surface area contributed by atoms with Crippen LogP contribution in [0, 0.1) is 5.92 Å². The molecule has 0 saturated heterocycles. The summed E-state index contributed by atoms with van der Waals surface area (Å²) in [7, 11) is 0. The van der Waals surface area contributed by atoms with Crippen LogP contribution in [0.15, 0.2) is 24.3 Å². The number of carboxylic acid groups (broad SMARTS) is 1. The van der Waals surface area contributed by atoms with Gasteiger partial charge in [0.25, 0.3) is 0 Å². The molecule has 0 aliphatic rings. The smallest absolute Gasteiger partial charge is 0.307 e. The molecular formula is C15H23NO2. The molecule has 1 aromatic rings. The fraction of sp³-hybridized carbons (Fsp3) is 0.533. The van der Waals surface area contributed by atoms with Gasteiger partial charge < -0.3 is 10.4 Å². The maximum Gasteiger partial charge on any atom is 0.307 e. The van der Waals surface area contributed by atoms with Gasteiger partial charge in [0.15, 0.2) is 0 Å². The molecular weight excluding hydrogens is 226 g/mol. The number of benzene rings is 1. The highest BCUT2D eigenvalue weighted by Crippen LogP contribution is 2.12. The molecule has 0 spiro atoms. The number of carboxylic acids is 1. The standard InChI is InChI=1S/C15H23NO2/c1-4-14(11(2)3)16-10-13-8-6-5-7-12(13)9-15(17)18/h5-8,11,14,16H,4,9-10H2,1-3H3,(H,17,18). The SMILES string of the molecule is CCC(NCc1ccccc1CC(=O)O)C(C)C. The normalized spacial score (nSPS) is 12.7. The predicted molar refractivity (Wildman–Crippen MR) is 73.5 cm³/mol. The van der Waals surface area contributed by atoms with Gasteiger partial charge in [0.2, 0.25) is 0 Å². The molecule has 1 rings (SSSR count). The van der Waals surface area contributed by atoms with E-state index in [2.05, 4.69) is 26.1 Å². The van der Waals surface area contributed by atoms with Gasteiger partial charge in [0.1, 0.15) is 0 Å². The van der Waals surface area contributed by atoms with Crippen molar-refractivity contribution in [3.63, 3.8) is 0 Å². The summed E-state index contributed by atoms with van der Waals surface area (Å²) in [5.74, 6) is -0.194. The third-order valence-corrected chi connectivity index (χ3v) is 3.26. The zero-order valence-electron chi connectivity index (χ0n) is 11.4. The predicted octanol–water partition coefficient (Wildman–Crippen LogP) is 2.84. The molecule has 0 fully saturated rings. The Labute approximate surface area is 109 Å². The van der Waals surface area contributed by atoms with Crippen molar-refractivity contribution in [3.05, 3.63) is 35.4 Å². The molecule has 2 N–H and O–H groups in total. The molecule has 1 atom stereocenters. The minimum atomic E-state index is -0.779. The number of hydrogen-bond donors (Lipinski definition) is 2. The van der Waals surface area contributed by atoms with E-state index < -0.39 is 5.97 Å². The van der Waals surface area contributed by atoms with Crippen LogP contribution in [0.5, 0.6) is 0 Å². The Bertz CT molecular complexity index is 388. The average Bonchev–Trinajstić information content (AvgIpc) is 2.30. The van der Waals surface area contributed by atoms with Gasteiger partial charge in [-0.1, -0.05) is 45.0 Å². The lowest BCUT2D eigenvalue weighted by atomic mass is 10.00. The van der Waals surface area contributed by atoms with Crippen LogP contribution in [-0.4, -0.2) is 17.1 Å². The molecule has 1 aromatic carbocycles. The van der Waals surface area contributed by atoms with Crippen LogP contribution in [0.2, 0.25) is 0 Å². The van der Waals surface area contributed by atoms with E-state index in [0.29, 0.717) is 12.0 Å². The summed E-state index contributed by atoms with van der Waals surface area (Å²) in [5, 5.41) is 12.4. The van der Waals surface area contributed by atoms with Crippen LogP contribution in [0.4, 0.5) is 0 Å². The molecule has 0 aliphatic heterocycles. The largest absolute Gasteiger partial charge is 0.481 e. The maximum absolute atomic E-state index is 10.8. The summed E-state index contributed by atoms with van der Waals surface area (Å²) in [5.41, 5.74) is 1.98. The van der Waals surface area contributed by atoms with Crippen LogP contribution >= 0.6 is 0 Å². The first-order chi connectivity index (χ1) is 8.54. The molecule has 0 bridgehead atoms. The Morgan fingerprint density at radius 1 is 1.28 bits per heavy atom. The molecule has 0 heterocycles. The van der Waals surface area contributed by atoms with E-state index >= 15 is 0 Å². The van der Waals surface area contributed by atoms with Gasteiger partial charge in [0.05, 0.1) is 6.42 Å². The molecule has 0 radical (unpaired) electrons. The summed E-state index contributed by atoms with van der Waals surface area (Å²) < 4.78 is 0. The molecule has 0 saturated carbocycles. The summed E-state index contributed by atoms with van der Waals surface area (Å²) in [6.45, 7) is 7.30. The monoisotopic (exact) mass is 249 g/mol. The van der Waals surface area contributed by atoms with Gasteiger partial charge in [-0.15, -0.1) is 0 Å². The zero-order valence-corrected chi connectivity index (χ0v) is 11.4. The average molecular weight is 249 g/mol. The van der Waals surface area contributed by atoms with E-state index in [-0.39, 0.29) is 6.42 Å². The first-order valence-corrected chi connectivity index (χ1v) is 6.56. The van der Waals surface area contributed by atoms with Crippen molar-refractivity contribution in [3.8, 4) is 0 Å². The Hall–Kier alpha value is -1.35. The van der Waals surface area contributed by atoms with Crippen molar-refractivity contribution >= 4 is 5.97 Å². The van der Waals surface area contributed by atoms with Crippen LogP contribution in [-0.2, 0) is 17.8 Å². The zero-order chi connectivity index (χ0) is 13.5. The van der Waals surface area contributed by atoms with E-state index in [1.165, 1.54) is 0 Å². The molecule has 1 unspecified atom stereocenters. The second-order valence-corrected chi connectivity index (χ2v) is 4.98. The molecule has 3 heteroatoms. The minimum Gasteiger partial charge on any atom is -0.481 e. The van der Waals surface area contributed by atoms with Gasteiger partial charge in [0, 0.05) is 12.6 Å². The fourth-order valence-corrected chi connectivity index (χ4v) is 2.16. The van der Waals surface area contributed by atoms with Crippen molar-refractivity contribution < 1.29 is 9.90 Å². The number of rotatable bonds is 7. The quantitative estimate of drug-likeness (QED) is 0.781. The third-order valence-electron chi connectivity index (χ3n) is 3.26. The molecule has 0 aromatic heterocycles. The number of aliphatic carboxylic acids is 1. The summed E-state index contributed by atoms with van der Waals surface area (Å²) in [6.07, 6.45) is 1.18. The molecule has 0 amide bonds. The van der Waals surface area contributed by atoms with E-state index in [9.17, 15) is 4.79 Å². The molecule has 100 valence electrons. The summed E-state index contributed by atoms with van der Waals surface area (Å²) >= 11 is 0. The summed E-state index contributed by atoms with van der Waals surface area (Å²) in [6, 6.07) is 8.21. The lowest BCUT2D eigenvalue weighted by molar-refractivity contribution is -0.136. The number of hydrogen-bond acceptors (Lipinski definition) is 2. The van der Waals surface area contributed by atoms with Gasteiger partial charge >= 0.3 is 5.97 Å². The topological polar surface area (TPSA) is 49.3 Å². The Morgan fingerprint density at radius 2 is 1.89 bits per heavy atom. The van der Waals surface area contributed by atoms with Crippen LogP contribution in [0.3, 0.4) is 0 Å². The maximum atomic E-state index is 10.8. The highest BCUT2D eigenvalue weighted by atomic mass is 16.4. The number of nitrogens with one attached hydrogen (secondary N) is 1. The van der Waals surface area contributed by atoms with Crippen LogP contribution in [0.25, 0.3) is 0 Å². The van der Waals surface area contributed by atoms with Crippen LogP contribution < -0.4 is 5.32 Å². The van der Waals surface area contributed by atoms with E-state index in [1.54, 1.807) is 0 Å². The third kappa shape index (κ3) is 4.49. The number of carbonyl (C=O) groups is 1. The Kier molecular flexibility index (Phi) is 5.86. The Morgan fingerprint density at radius 3 is 2.39 bits per heavy atom. The van der Waals surface area contributed by atoms with Crippen LogP contribution in [0.1, 0.15) is 38.3 Å². The second-order valence-electron chi connectivity index (χ2n) is 4.98. The van der Waals surface area contributed by atoms with Gasteiger partial charge in [-0.3, -0.25) is 4.79 Å². The first kappa shape index (κ1) is 14.7. The molecule has 0 aliphatic carbocycles. The Balaban J connectivity index is 2.69. The van der Waals surface area contributed by atoms with Crippen molar-refractivity contribution in [2.24, 2.45) is 5.92 Å². The minimum absolute atomic E-state index is 0.0936. The lowest BCUT2D eigenvalue weighted by Crippen LogP contribution is -2.33. The highest BCUT2D eigenvalue weighted by molar-refractivity contribution is 5.70. The molecule has 18 heavy (non-hydrogen) atoms. The van der Waals surface area contributed by atoms with E-state index in [0.717, 1.165) is 24.1 Å². The van der Waals surface area contributed by atoms with Gasteiger partial charge in [-0.05, 0) is 23.5 Å². The van der Waals surface area contributed by atoms with Gasteiger partial charge in [-0.25, -0.2) is 0 Å². The van der Waals surface area contributed by atoms with Gasteiger partial charge in [-0.2, -0.15) is 0 Å². The van der Waals surface area contributed by atoms with Crippen molar-refractivity contribution in [1.82, 2.24) is 5.32 Å². The van der Waals surface area contributed by atoms with E-state index in [1.807, 2.05) is 24.3 Å². The highest BCUT2D eigenvalue weighted by Gasteiger charge is 2.11. The van der Waals surface area contributed by atoms with Crippen molar-refractivity contribution in [1.29, 1.82) is 0 Å². The second kappa shape index (κ2) is 7.17. The first-order valence-electron chi connectivity index (χ1n) is 6.56. The van der Waals surface area contributed by atoms with Crippen molar-refractivity contribution in [2.45, 2.75) is 46.2 Å². The molecule has 3 nitrogen and oxygen atoms in total. The fourth-order valence-electron chi connectivity index (χ4n) is 2.16. The van der Waals surface area contributed by atoms with E-state index in [4.69, 9.17) is 5.11 Å².